The van der Waals surface area contributed by atoms with Crippen LogP contribution >= 0.6 is 0 Å². The second kappa shape index (κ2) is 3.12. The van der Waals surface area contributed by atoms with Crippen LogP contribution in [0.1, 0.15) is 42.6 Å². The number of Topliss-reactive ketones (excluding diaryl/α,β-unsaturated/α-hetero) is 1. The van der Waals surface area contributed by atoms with Gasteiger partial charge in [0, 0.05) is 23.6 Å². The third kappa shape index (κ3) is 1.56. The molecular weight excluding hydrogens is 198 g/mol. The van der Waals surface area contributed by atoms with Gasteiger partial charge in [-0.3, -0.25) is 4.79 Å². The topological polar surface area (TPSA) is 17.1 Å². The Bertz CT molecular complexity index is 435. The lowest BCUT2D eigenvalue weighted by Crippen LogP contribution is -2.29. The van der Waals surface area contributed by atoms with Gasteiger partial charge in [-0.25, -0.2) is 8.78 Å². The Labute approximate surface area is 87.1 Å². The van der Waals surface area contributed by atoms with Crippen LogP contribution in [0.5, 0.6) is 0 Å². The van der Waals surface area contributed by atoms with Gasteiger partial charge in [0.05, 0.1) is 0 Å². The van der Waals surface area contributed by atoms with Crippen molar-refractivity contribution in [1.82, 2.24) is 0 Å². The van der Waals surface area contributed by atoms with Crippen LogP contribution in [0.4, 0.5) is 8.78 Å². The van der Waals surface area contributed by atoms with Crippen molar-refractivity contribution in [2.45, 2.75) is 32.1 Å². The van der Waals surface area contributed by atoms with Crippen molar-refractivity contribution in [2.24, 2.45) is 0 Å². The molecule has 0 fully saturated rings. The van der Waals surface area contributed by atoms with Crippen molar-refractivity contribution < 1.29 is 13.6 Å². The maximum Gasteiger partial charge on any atom is 0.163 e. The fourth-order valence-electron chi connectivity index (χ4n) is 2.17. The summed E-state index contributed by atoms with van der Waals surface area (Å²) in [4.78, 5) is 11.5. The summed E-state index contributed by atoms with van der Waals surface area (Å²) >= 11 is 0. The van der Waals surface area contributed by atoms with Gasteiger partial charge in [-0.1, -0.05) is 13.8 Å². The van der Waals surface area contributed by atoms with Crippen LogP contribution in [0.2, 0.25) is 0 Å². The highest BCUT2D eigenvalue weighted by molar-refractivity contribution is 5.99. The molecule has 0 unspecified atom stereocenters. The molecule has 0 N–H and O–H groups in total. The summed E-state index contributed by atoms with van der Waals surface area (Å²) in [6.45, 7) is 3.75. The summed E-state index contributed by atoms with van der Waals surface area (Å²) in [6.07, 6.45) is 0.976. The number of carbonyl (C=O) groups is 1. The van der Waals surface area contributed by atoms with E-state index in [-0.39, 0.29) is 16.8 Å². The van der Waals surface area contributed by atoms with E-state index in [1.807, 2.05) is 13.8 Å². The standard InChI is InChI=1S/C12H12F2O/c1-12(2)4-3-10(15)8-5-7(13)6-9(14)11(8)12/h5-6H,3-4H2,1-2H3. The van der Waals surface area contributed by atoms with Crippen LogP contribution in [0.15, 0.2) is 12.1 Å². The number of carbonyl (C=O) groups excluding carboxylic acids is 1. The van der Waals surface area contributed by atoms with Gasteiger partial charge in [0.15, 0.2) is 5.78 Å². The lowest BCUT2D eigenvalue weighted by atomic mass is 9.72. The number of rotatable bonds is 0. The van der Waals surface area contributed by atoms with Crippen molar-refractivity contribution in [3.63, 3.8) is 0 Å². The van der Waals surface area contributed by atoms with Gasteiger partial charge < -0.3 is 0 Å². The van der Waals surface area contributed by atoms with Crippen LogP contribution in [-0.2, 0) is 5.41 Å². The molecule has 0 atom stereocenters. The summed E-state index contributed by atoms with van der Waals surface area (Å²) in [5.74, 6) is -1.46. The number of ketones is 1. The Balaban J connectivity index is 2.73. The lowest BCUT2D eigenvalue weighted by molar-refractivity contribution is 0.0954. The normalized spacial score (nSPS) is 18.8. The zero-order chi connectivity index (χ0) is 11.2. The number of hydrogen-bond acceptors (Lipinski definition) is 1. The molecule has 2 rings (SSSR count). The van der Waals surface area contributed by atoms with Gasteiger partial charge >= 0.3 is 0 Å². The molecule has 1 aliphatic carbocycles. The van der Waals surface area contributed by atoms with Crippen molar-refractivity contribution in [3.8, 4) is 0 Å². The van der Waals surface area contributed by atoms with Crippen LogP contribution in [0.3, 0.4) is 0 Å². The van der Waals surface area contributed by atoms with Crippen molar-refractivity contribution in [2.75, 3.05) is 0 Å². The molecule has 1 aromatic rings. The number of halogens is 2. The zero-order valence-corrected chi connectivity index (χ0v) is 8.73. The predicted molar refractivity (Wildman–Crippen MR) is 52.9 cm³/mol. The fraction of sp³-hybridized carbons (Fsp3) is 0.417. The summed E-state index contributed by atoms with van der Waals surface area (Å²) in [5, 5.41) is 0. The third-order valence-corrected chi connectivity index (χ3v) is 3.01. The average molecular weight is 210 g/mol. The molecule has 80 valence electrons. The highest BCUT2D eigenvalue weighted by atomic mass is 19.1. The Morgan fingerprint density at radius 1 is 1.27 bits per heavy atom. The van der Waals surface area contributed by atoms with Gasteiger partial charge in [-0.15, -0.1) is 0 Å². The SMILES string of the molecule is CC1(C)CCC(=O)c2cc(F)cc(F)c21. The first-order chi connectivity index (χ1) is 6.92. The van der Waals surface area contributed by atoms with E-state index in [0.29, 0.717) is 18.4 Å². The second-order valence-corrected chi connectivity index (χ2v) is 4.62. The fourth-order valence-corrected chi connectivity index (χ4v) is 2.17. The van der Waals surface area contributed by atoms with Crippen LogP contribution in [0.25, 0.3) is 0 Å². The molecular formula is C12H12F2O. The molecule has 15 heavy (non-hydrogen) atoms. The van der Waals surface area contributed by atoms with Gasteiger partial charge in [0.1, 0.15) is 11.6 Å². The molecule has 0 radical (unpaired) electrons. The average Bonchev–Trinajstić information content (AvgIpc) is 2.10. The minimum Gasteiger partial charge on any atom is -0.294 e. The van der Waals surface area contributed by atoms with Crippen molar-refractivity contribution in [3.05, 3.63) is 34.9 Å². The van der Waals surface area contributed by atoms with E-state index in [9.17, 15) is 13.6 Å². The Morgan fingerprint density at radius 3 is 2.60 bits per heavy atom. The van der Waals surface area contributed by atoms with E-state index in [1.54, 1.807) is 0 Å². The maximum absolute atomic E-state index is 13.6. The van der Waals surface area contributed by atoms with Crippen LogP contribution in [0, 0.1) is 11.6 Å². The maximum atomic E-state index is 13.6. The first-order valence-electron chi connectivity index (χ1n) is 4.94. The molecule has 0 aromatic heterocycles. The highest BCUT2D eigenvalue weighted by Crippen LogP contribution is 2.38. The first-order valence-corrected chi connectivity index (χ1v) is 4.94. The zero-order valence-electron chi connectivity index (χ0n) is 8.73. The Kier molecular flexibility index (Phi) is 2.14. The molecule has 0 aliphatic heterocycles. The van der Waals surface area contributed by atoms with E-state index in [1.165, 1.54) is 0 Å². The Morgan fingerprint density at radius 2 is 1.93 bits per heavy atom. The minimum absolute atomic E-state index is 0.164. The molecule has 0 spiro atoms. The summed E-state index contributed by atoms with van der Waals surface area (Å²) in [6, 6.07) is 1.99. The molecule has 0 saturated carbocycles. The molecule has 0 bridgehead atoms. The largest absolute Gasteiger partial charge is 0.294 e. The molecule has 0 heterocycles. The molecule has 1 nitrogen and oxygen atoms in total. The lowest BCUT2D eigenvalue weighted by Gasteiger charge is -2.31. The number of fused-ring (bicyclic) bond motifs is 1. The first kappa shape index (κ1) is 10.3. The number of benzene rings is 1. The van der Waals surface area contributed by atoms with Crippen LogP contribution in [-0.4, -0.2) is 5.78 Å². The smallest absolute Gasteiger partial charge is 0.163 e. The summed E-state index contributed by atoms with van der Waals surface area (Å²) < 4.78 is 26.6. The highest BCUT2D eigenvalue weighted by Gasteiger charge is 2.34. The van der Waals surface area contributed by atoms with Gasteiger partial charge in [-0.05, 0) is 17.9 Å². The van der Waals surface area contributed by atoms with Gasteiger partial charge in [-0.2, -0.15) is 0 Å². The van der Waals surface area contributed by atoms with Crippen molar-refractivity contribution in [1.29, 1.82) is 0 Å². The summed E-state index contributed by atoms with van der Waals surface area (Å²) in [5.41, 5.74) is 0.185. The second-order valence-electron chi connectivity index (χ2n) is 4.62. The predicted octanol–water partition coefficient (Wildman–Crippen LogP) is 3.22. The van der Waals surface area contributed by atoms with Gasteiger partial charge in [0.2, 0.25) is 0 Å². The molecule has 0 saturated heterocycles. The van der Waals surface area contributed by atoms with Crippen molar-refractivity contribution >= 4 is 5.78 Å². The van der Waals surface area contributed by atoms with Crippen LogP contribution < -0.4 is 0 Å². The number of hydrogen-bond donors (Lipinski definition) is 0. The quantitative estimate of drug-likeness (QED) is 0.642. The molecule has 0 amide bonds. The molecule has 1 aromatic carbocycles. The monoisotopic (exact) mass is 210 g/mol. The van der Waals surface area contributed by atoms with E-state index in [2.05, 4.69) is 0 Å². The molecule has 3 heteroatoms. The van der Waals surface area contributed by atoms with E-state index >= 15 is 0 Å². The third-order valence-electron chi connectivity index (χ3n) is 3.01. The van der Waals surface area contributed by atoms with Gasteiger partial charge in [0.25, 0.3) is 0 Å². The van der Waals surface area contributed by atoms with E-state index in [4.69, 9.17) is 0 Å². The summed E-state index contributed by atoms with van der Waals surface area (Å²) in [7, 11) is 0. The minimum atomic E-state index is -0.683. The molecule has 1 aliphatic rings. The van der Waals surface area contributed by atoms with E-state index in [0.717, 1.165) is 12.1 Å². The van der Waals surface area contributed by atoms with E-state index < -0.39 is 11.6 Å². The Hall–Kier alpha value is -1.25.